The molecule has 156 valence electrons. The molecule has 1 fully saturated rings. The second-order valence-electron chi connectivity index (χ2n) is 8.71. The Labute approximate surface area is 170 Å². The van der Waals surface area contributed by atoms with Crippen molar-refractivity contribution in [2.75, 3.05) is 13.4 Å². The van der Waals surface area contributed by atoms with E-state index in [-0.39, 0.29) is 24.3 Å². The molecule has 4 nitrogen and oxygen atoms in total. The zero-order chi connectivity index (χ0) is 20.8. The molecule has 1 saturated carbocycles. The van der Waals surface area contributed by atoms with Crippen molar-refractivity contribution in [2.24, 2.45) is 17.3 Å². The van der Waals surface area contributed by atoms with E-state index in [1.807, 2.05) is 51.1 Å². The highest BCUT2D eigenvalue weighted by Gasteiger charge is 2.49. The van der Waals surface area contributed by atoms with Gasteiger partial charge in [-0.15, -0.1) is 0 Å². The van der Waals surface area contributed by atoms with Gasteiger partial charge in [0.25, 0.3) is 0 Å². The van der Waals surface area contributed by atoms with Gasteiger partial charge in [0, 0.05) is 0 Å². The predicted octanol–water partition coefficient (Wildman–Crippen LogP) is 5.52. The van der Waals surface area contributed by atoms with Crippen LogP contribution in [0.15, 0.2) is 42.5 Å². The van der Waals surface area contributed by atoms with E-state index in [1.54, 1.807) is 0 Å². The average Bonchev–Trinajstić information content (AvgIpc) is 2.66. The van der Waals surface area contributed by atoms with Crippen molar-refractivity contribution in [2.45, 2.75) is 66.1 Å². The second kappa shape index (κ2) is 9.71. The maximum atomic E-state index is 12.6. The van der Waals surface area contributed by atoms with E-state index in [1.165, 1.54) is 0 Å². The van der Waals surface area contributed by atoms with Crippen LogP contribution in [0, 0.1) is 17.3 Å². The smallest absolute Gasteiger partial charge is 0.312 e. The van der Waals surface area contributed by atoms with Crippen LogP contribution in [-0.4, -0.2) is 25.0 Å². The molecule has 0 radical (unpaired) electrons. The van der Waals surface area contributed by atoms with Crippen LogP contribution in [-0.2, 0) is 25.6 Å². The first-order valence-corrected chi connectivity index (χ1v) is 10.3. The van der Waals surface area contributed by atoms with Crippen LogP contribution in [0.4, 0.5) is 0 Å². The lowest BCUT2D eigenvalue weighted by Crippen LogP contribution is -2.47. The van der Waals surface area contributed by atoms with Gasteiger partial charge in [0.15, 0.2) is 0 Å². The van der Waals surface area contributed by atoms with Crippen molar-refractivity contribution in [3.63, 3.8) is 0 Å². The van der Waals surface area contributed by atoms with Crippen LogP contribution in [0.1, 0.15) is 59.4 Å². The first kappa shape index (κ1) is 22.6. The first-order valence-electron chi connectivity index (χ1n) is 10.3. The molecule has 0 aromatic heterocycles. The molecule has 0 saturated heterocycles. The highest BCUT2D eigenvalue weighted by Crippen LogP contribution is 2.50. The summed E-state index contributed by atoms with van der Waals surface area (Å²) in [5, 5.41) is 0. The van der Waals surface area contributed by atoms with Gasteiger partial charge in [0.1, 0.15) is 6.79 Å². The molecule has 0 heterocycles. The maximum absolute atomic E-state index is 12.6. The highest BCUT2D eigenvalue weighted by molar-refractivity contribution is 5.77. The summed E-state index contributed by atoms with van der Waals surface area (Å²) in [7, 11) is 0. The fraction of sp³-hybridized carbons (Fsp3) is 0.625. The van der Waals surface area contributed by atoms with E-state index < -0.39 is 5.41 Å². The zero-order valence-corrected chi connectivity index (χ0v) is 18.1. The summed E-state index contributed by atoms with van der Waals surface area (Å²) in [6.45, 7) is 15.5. The largest absolute Gasteiger partial charge is 0.466 e. The summed E-state index contributed by atoms with van der Waals surface area (Å²) in [5.41, 5.74) is 1.34. The predicted molar refractivity (Wildman–Crippen MR) is 112 cm³/mol. The molecular formula is C24H36O4. The van der Waals surface area contributed by atoms with Crippen molar-refractivity contribution in [1.29, 1.82) is 0 Å². The van der Waals surface area contributed by atoms with Crippen molar-refractivity contribution in [3.8, 4) is 0 Å². The monoisotopic (exact) mass is 388 g/mol. The first-order chi connectivity index (χ1) is 13.2. The molecule has 1 aromatic rings. The molecule has 0 amide bonds. The normalized spacial score (nSPS) is 25.3. The summed E-state index contributed by atoms with van der Waals surface area (Å²) < 4.78 is 17.2. The van der Waals surface area contributed by atoms with E-state index >= 15 is 0 Å². The number of carbonyl (C=O) groups is 1. The average molecular weight is 389 g/mol. The molecule has 1 aliphatic carbocycles. The number of allylic oxidation sites excluding steroid dienone is 1. The van der Waals surface area contributed by atoms with Gasteiger partial charge >= 0.3 is 5.97 Å². The van der Waals surface area contributed by atoms with Crippen LogP contribution in [0.2, 0.25) is 0 Å². The number of ether oxygens (including phenoxy) is 3. The SMILES string of the molecule is C=C(C)[C@@H]1C[C@H](C(C)(C)OCOCc2ccccc2)CC[C@@]1(C)C(=O)OCC. The van der Waals surface area contributed by atoms with Crippen molar-refractivity contribution < 1.29 is 19.0 Å². The van der Waals surface area contributed by atoms with Gasteiger partial charge in [0.05, 0.1) is 24.2 Å². The Bertz CT molecular complexity index is 652. The molecule has 28 heavy (non-hydrogen) atoms. The Hall–Kier alpha value is -1.65. The summed E-state index contributed by atoms with van der Waals surface area (Å²) in [4.78, 5) is 12.6. The van der Waals surface area contributed by atoms with E-state index in [4.69, 9.17) is 14.2 Å². The third-order valence-electron chi connectivity index (χ3n) is 6.25. The maximum Gasteiger partial charge on any atom is 0.312 e. The Morgan fingerprint density at radius 2 is 1.96 bits per heavy atom. The van der Waals surface area contributed by atoms with E-state index in [2.05, 4.69) is 20.4 Å². The highest BCUT2D eigenvalue weighted by atomic mass is 16.7. The number of carbonyl (C=O) groups excluding carboxylic acids is 1. The quantitative estimate of drug-likeness (QED) is 0.242. The molecule has 0 bridgehead atoms. The number of hydrogen-bond donors (Lipinski definition) is 0. The van der Waals surface area contributed by atoms with Gasteiger partial charge in [-0.25, -0.2) is 0 Å². The minimum atomic E-state index is -0.502. The summed E-state index contributed by atoms with van der Waals surface area (Å²) in [6, 6.07) is 10.1. The summed E-state index contributed by atoms with van der Waals surface area (Å²) in [5.74, 6) is 0.321. The molecule has 0 N–H and O–H groups in total. The molecule has 3 atom stereocenters. The third-order valence-corrected chi connectivity index (χ3v) is 6.25. The molecule has 0 aliphatic heterocycles. The van der Waals surface area contributed by atoms with Crippen molar-refractivity contribution in [1.82, 2.24) is 0 Å². The lowest BCUT2D eigenvalue weighted by atomic mass is 9.59. The van der Waals surface area contributed by atoms with Gasteiger partial charge in [-0.2, -0.15) is 0 Å². The Kier molecular flexibility index (Phi) is 7.85. The standard InChI is InChI=1S/C24H36O4/c1-7-27-22(25)24(6)14-13-20(15-21(24)18(2)3)23(4,5)28-17-26-16-19-11-9-8-10-12-19/h8-12,20-21H,2,7,13-17H2,1,3-6H3/t20-,21+,24-/m1/s1. The minimum Gasteiger partial charge on any atom is -0.466 e. The third kappa shape index (κ3) is 5.45. The van der Waals surface area contributed by atoms with Gasteiger partial charge in [-0.1, -0.05) is 42.5 Å². The van der Waals surface area contributed by atoms with Gasteiger partial charge in [-0.05, 0) is 71.3 Å². The van der Waals surface area contributed by atoms with Gasteiger partial charge in [-0.3, -0.25) is 4.79 Å². The number of benzene rings is 1. The molecule has 0 spiro atoms. The Morgan fingerprint density at radius 3 is 2.57 bits per heavy atom. The number of hydrogen-bond acceptors (Lipinski definition) is 4. The van der Waals surface area contributed by atoms with Crippen molar-refractivity contribution in [3.05, 3.63) is 48.0 Å². The van der Waals surface area contributed by atoms with E-state index in [0.717, 1.165) is 30.4 Å². The zero-order valence-electron chi connectivity index (χ0n) is 18.1. The molecule has 4 heteroatoms. The van der Waals surface area contributed by atoms with Crippen LogP contribution >= 0.6 is 0 Å². The van der Waals surface area contributed by atoms with Crippen LogP contribution in [0.5, 0.6) is 0 Å². The molecule has 1 aromatic carbocycles. The summed E-state index contributed by atoms with van der Waals surface area (Å²) in [6.07, 6.45) is 2.58. The molecule has 2 rings (SSSR count). The van der Waals surface area contributed by atoms with Crippen molar-refractivity contribution >= 4 is 5.97 Å². The molecule has 1 aliphatic rings. The fourth-order valence-corrected chi connectivity index (χ4v) is 4.27. The van der Waals surface area contributed by atoms with E-state index in [0.29, 0.717) is 19.1 Å². The molecule has 0 unspecified atom stereocenters. The van der Waals surface area contributed by atoms with Crippen LogP contribution < -0.4 is 0 Å². The number of rotatable bonds is 9. The lowest BCUT2D eigenvalue weighted by Gasteiger charge is -2.47. The Balaban J connectivity index is 1.94. The second-order valence-corrected chi connectivity index (χ2v) is 8.71. The topological polar surface area (TPSA) is 44.8 Å². The van der Waals surface area contributed by atoms with Gasteiger partial charge < -0.3 is 14.2 Å². The Morgan fingerprint density at radius 1 is 1.29 bits per heavy atom. The van der Waals surface area contributed by atoms with Crippen LogP contribution in [0.3, 0.4) is 0 Å². The van der Waals surface area contributed by atoms with E-state index in [9.17, 15) is 4.79 Å². The minimum absolute atomic E-state index is 0.0958. The molecular weight excluding hydrogens is 352 g/mol. The lowest BCUT2D eigenvalue weighted by molar-refractivity contribution is -0.175. The number of esters is 1. The fourth-order valence-electron chi connectivity index (χ4n) is 4.27. The van der Waals surface area contributed by atoms with Crippen LogP contribution in [0.25, 0.3) is 0 Å². The van der Waals surface area contributed by atoms with Gasteiger partial charge in [0.2, 0.25) is 0 Å². The summed E-state index contributed by atoms with van der Waals surface area (Å²) >= 11 is 0.